The van der Waals surface area contributed by atoms with Crippen LogP contribution in [0.5, 0.6) is 0 Å². The first kappa shape index (κ1) is 21.4. The van der Waals surface area contributed by atoms with E-state index in [1.807, 2.05) is 0 Å². The molecule has 4 heteroatoms. The second kappa shape index (κ2) is 16.2. The summed E-state index contributed by atoms with van der Waals surface area (Å²) >= 11 is 0. The van der Waals surface area contributed by atoms with Crippen LogP contribution in [0.15, 0.2) is 0 Å². The van der Waals surface area contributed by atoms with Crippen molar-refractivity contribution in [2.24, 2.45) is 0 Å². The van der Waals surface area contributed by atoms with Gasteiger partial charge in [-0.2, -0.15) is 0 Å². The zero-order chi connectivity index (χ0) is 13.6. The molecular formula is C15H29NaO3. The summed E-state index contributed by atoms with van der Waals surface area (Å²) in [7, 11) is 0. The van der Waals surface area contributed by atoms with Gasteiger partial charge in [-0.15, -0.1) is 0 Å². The fourth-order valence-electron chi connectivity index (χ4n) is 1.83. The van der Waals surface area contributed by atoms with E-state index in [2.05, 4.69) is 11.7 Å². The van der Waals surface area contributed by atoms with Crippen LogP contribution >= 0.6 is 0 Å². The Morgan fingerprint density at radius 1 is 0.737 bits per heavy atom. The minimum absolute atomic E-state index is 0. The van der Waals surface area contributed by atoms with Crippen LogP contribution in [0, 0.1) is 0 Å². The molecule has 0 atom stereocenters. The Hall–Kier alpha value is 0.140. The summed E-state index contributed by atoms with van der Waals surface area (Å²) in [6.07, 6.45) is 11.6. The molecule has 0 aliphatic carbocycles. The van der Waals surface area contributed by atoms with Crippen molar-refractivity contribution in [2.45, 2.75) is 84.5 Å². The zero-order valence-electron chi connectivity index (χ0n) is 12.0. The standard InChI is InChI=1S/C15H28O3.Na.H/c1-3-5-6-7-8-9-10-11-12-13-15(17)18-14(16)4-2;;/h3-13H2,1-2H3;;. The molecule has 0 amide bonds. The summed E-state index contributed by atoms with van der Waals surface area (Å²) in [4.78, 5) is 22.0. The van der Waals surface area contributed by atoms with E-state index in [0.717, 1.165) is 12.8 Å². The molecule has 0 bridgehead atoms. The Labute approximate surface area is 140 Å². The molecule has 0 aliphatic rings. The number of hydrogen-bond acceptors (Lipinski definition) is 3. The van der Waals surface area contributed by atoms with E-state index in [1.165, 1.54) is 44.9 Å². The Balaban J connectivity index is 0. The van der Waals surface area contributed by atoms with Gasteiger partial charge in [0.25, 0.3) is 0 Å². The first-order valence-corrected chi connectivity index (χ1v) is 7.44. The van der Waals surface area contributed by atoms with E-state index in [4.69, 9.17) is 0 Å². The van der Waals surface area contributed by atoms with Gasteiger partial charge in [0.15, 0.2) is 0 Å². The van der Waals surface area contributed by atoms with Gasteiger partial charge in [0, 0.05) is 12.8 Å². The molecule has 0 radical (unpaired) electrons. The van der Waals surface area contributed by atoms with Crippen molar-refractivity contribution in [2.75, 3.05) is 0 Å². The summed E-state index contributed by atoms with van der Waals surface area (Å²) < 4.78 is 4.59. The minimum atomic E-state index is -0.420. The van der Waals surface area contributed by atoms with Gasteiger partial charge in [0.05, 0.1) is 0 Å². The van der Waals surface area contributed by atoms with Crippen molar-refractivity contribution < 1.29 is 14.3 Å². The molecule has 0 N–H and O–H groups in total. The normalized spacial score (nSPS) is 9.79. The van der Waals surface area contributed by atoms with Crippen LogP contribution in [0.1, 0.15) is 84.5 Å². The number of carbonyl (C=O) groups excluding carboxylic acids is 2. The molecule has 0 aromatic rings. The van der Waals surface area contributed by atoms with Gasteiger partial charge in [-0.25, -0.2) is 0 Å². The Kier molecular flexibility index (Phi) is 18.3. The molecule has 0 aromatic carbocycles. The average molecular weight is 280 g/mol. The van der Waals surface area contributed by atoms with E-state index in [9.17, 15) is 9.59 Å². The molecular weight excluding hydrogens is 251 g/mol. The summed E-state index contributed by atoms with van der Waals surface area (Å²) in [5, 5.41) is 0. The third-order valence-corrected chi connectivity index (χ3v) is 3.00. The van der Waals surface area contributed by atoms with E-state index >= 15 is 0 Å². The van der Waals surface area contributed by atoms with Crippen LogP contribution in [0.25, 0.3) is 0 Å². The Morgan fingerprint density at radius 2 is 1.21 bits per heavy atom. The maximum absolute atomic E-state index is 11.2. The molecule has 108 valence electrons. The monoisotopic (exact) mass is 280 g/mol. The summed E-state index contributed by atoms with van der Waals surface area (Å²) in [5.74, 6) is -0.791. The summed E-state index contributed by atoms with van der Waals surface area (Å²) in [5.41, 5.74) is 0. The number of hydrogen-bond donors (Lipinski definition) is 0. The van der Waals surface area contributed by atoms with Crippen molar-refractivity contribution in [3.8, 4) is 0 Å². The fourth-order valence-corrected chi connectivity index (χ4v) is 1.83. The molecule has 3 nitrogen and oxygen atoms in total. The van der Waals surface area contributed by atoms with Gasteiger partial charge in [0.1, 0.15) is 0 Å². The SMILES string of the molecule is CCCCCCCCCCCC(=O)OC(=O)CC.[NaH]. The maximum atomic E-state index is 11.2. The third kappa shape index (κ3) is 16.1. The number of esters is 2. The molecule has 0 saturated carbocycles. The van der Waals surface area contributed by atoms with E-state index < -0.39 is 5.97 Å². The van der Waals surface area contributed by atoms with Crippen molar-refractivity contribution in [1.82, 2.24) is 0 Å². The van der Waals surface area contributed by atoms with Crippen LogP contribution in [-0.2, 0) is 14.3 Å². The molecule has 0 aliphatic heterocycles. The van der Waals surface area contributed by atoms with Crippen LogP contribution in [0.4, 0.5) is 0 Å². The second-order valence-electron chi connectivity index (χ2n) is 4.78. The molecule has 0 aromatic heterocycles. The first-order chi connectivity index (χ1) is 8.70. The third-order valence-electron chi connectivity index (χ3n) is 3.00. The van der Waals surface area contributed by atoms with Gasteiger partial charge < -0.3 is 4.74 Å². The van der Waals surface area contributed by atoms with Gasteiger partial charge in [-0.05, 0) is 6.42 Å². The van der Waals surface area contributed by atoms with Crippen LogP contribution < -0.4 is 0 Å². The predicted octanol–water partition coefficient (Wildman–Crippen LogP) is 3.74. The molecule has 0 spiro atoms. The average Bonchev–Trinajstić information content (AvgIpc) is 2.36. The molecule has 0 saturated heterocycles. The molecule has 19 heavy (non-hydrogen) atoms. The number of rotatable bonds is 11. The van der Waals surface area contributed by atoms with Crippen molar-refractivity contribution in [3.05, 3.63) is 0 Å². The summed E-state index contributed by atoms with van der Waals surface area (Å²) in [6, 6.07) is 0. The van der Waals surface area contributed by atoms with Gasteiger partial charge >= 0.3 is 41.5 Å². The van der Waals surface area contributed by atoms with Crippen LogP contribution in [-0.4, -0.2) is 41.5 Å². The summed E-state index contributed by atoms with van der Waals surface area (Å²) in [6.45, 7) is 3.91. The van der Waals surface area contributed by atoms with E-state index in [0.29, 0.717) is 6.42 Å². The molecule has 0 unspecified atom stereocenters. The molecule has 0 fully saturated rings. The van der Waals surface area contributed by atoms with Crippen LogP contribution in [0.2, 0.25) is 0 Å². The fraction of sp³-hybridized carbons (Fsp3) is 0.867. The quantitative estimate of drug-likeness (QED) is 0.251. The Morgan fingerprint density at radius 3 is 1.68 bits per heavy atom. The zero-order valence-corrected chi connectivity index (χ0v) is 12.0. The molecule has 0 rings (SSSR count). The van der Waals surface area contributed by atoms with Crippen molar-refractivity contribution in [3.63, 3.8) is 0 Å². The second-order valence-corrected chi connectivity index (χ2v) is 4.78. The Bertz CT molecular complexity index is 229. The van der Waals surface area contributed by atoms with E-state index in [1.54, 1.807) is 6.92 Å². The van der Waals surface area contributed by atoms with Crippen molar-refractivity contribution in [1.29, 1.82) is 0 Å². The van der Waals surface area contributed by atoms with Gasteiger partial charge in [-0.3, -0.25) is 9.59 Å². The van der Waals surface area contributed by atoms with Gasteiger partial charge in [-0.1, -0.05) is 65.2 Å². The number of ether oxygens (including phenoxy) is 1. The van der Waals surface area contributed by atoms with Crippen molar-refractivity contribution >= 4 is 41.5 Å². The van der Waals surface area contributed by atoms with E-state index in [-0.39, 0.29) is 41.9 Å². The predicted molar refractivity (Wildman–Crippen MR) is 80.4 cm³/mol. The molecule has 0 heterocycles. The van der Waals surface area contributed by atoms with Crippen LogP contribution in [0.3, 0.4) is 0 Å². The first-order valence-electron chi connectivity index (χ1n) is 7.44. The topological polar surface area (TPSA) is 43.4 Å². The number of carbonyl (C=O) groups is 2. The van der Waals surface area contributed by atoms with Gasteiger partial charge in [0.2, 0.25) is 0 Å². The number of unbranched alkanes of at least 4 members (excludes halogenated alkanes) is 8.